The summed E-state index contributed by atoms with van der Waals surface area (Å²) in [6.45, 7) is 3.50. The minimum absolute atomic E-state index is 0.0420. The fraction of sp³-hybridized carbons (Fsp3) is 0.458. The van der Waals surface area contributed by atoms with Crippen molar-refractivity contribution < 1.29 is 17.6 Å². The molecule has 0 N–H and O–H groups in total. The van der Waals surface area contributed by atoms with Crippen LogP contribution >= 0.6 is 0 Å². The van der Waals surface area contributed by atoms with Gasteiger partial charge < -0.3 is 9.80 Å². The molecule has 2 aromatic carbocycles. The zero-order valence-corrected chi connectivity index (χ0v) is 19.0. The van der Waals surface area contributed by atoms with Gasteiger partial charge in [0.15, 0.2) is 0 Å². The smallest absolute Gasteiger partial charge is 0.243 e. The first-order chi connectivity index (χ1) is 15.4. The van der Waals surface area contributed by atoms with E-state index >= 15 is 0 Å². The summed E-state index contributed by atoms with van der Waals surface area (Å²) in [6, 6.07) is 11.8. The standard InChI is InChI=1S/C24H28FN3O3S/c1-17-15-19-16-20(9-10-22(19)28(17)24(29)18-5-4-6-18)32(30,31)27-13-11-26(12-14-27)23-8-3-2-7-21(23)25/h2-3,7-10,16-18H,4-6,11-15H2,1H3/t17-/m1/s1. The molecule has 0 aromatic heterocycles. The fourth-order valence-corrected chi connectivity index (χ4v) is 6.46. The lowest BCUT2D eigenvalue weighted by atomic mass is 9.84. The largest absolute Gasteiger partial charge is 0.367 e. The normalized spacial score (nSPS) is 22.0. The van der Waals surface area contributed by atoms with Crippen LogP contribution < -0.4 is 9.80 Å². The Kier molecular flexibility index (Phi) is 5.45. The molecule has 2 aromatic rings. The Labute approximate surface area is 188 Å². The Hall–Kier alpha value is -2.45. The van der Waals surface area contributed by atoms with E-state index in [-0.39, 0.29) is 28.6 Å². The van der Waals surface area contributed by atoms with Gasteiger partial charge in [0.2, 0.25) is 15.9 Å². The van der Waals surface area contributed by atoms with Crippen LogP contribution in [0.4, 0.5) is 15.8 Å². The number of halogens is 1. The SMILES string of the molecule is C[C@@H]1Cc2cc(S(=O)(=O)N3CCN(c4ccccc4F)CC3)ccc2N1C(=O)C1CCC1. The molecule has 3 aliphatic rings. The van der Waals surface area contributed by atoms with Gasteiger partial charge in [-0.05, 0) is 62.1 Å². The minimum Gasteiger partial charge on any atom is -0.367 e. The highest BCUT2D eigenvalue weighted by atomic mass is 32.2. The van der Waals surface area contributed by atoms with Gasteiger partial charge in [-0.15, -0.1) is 0 Å². The van der Waals surface area contributed by atoms with E-state index in [0.717, 1.165) is 30.5 Å². The van der Waals surface area contributed by atoms with Crippen molar-refractivity contribution in [2.24, 2.45) is 5.92 Å². The van der Waals surface area contributed by atoms with E-state index in [9.17, 15) is 17.6 Å². The number of benzene rings is 2. The van der Waals surface area contributed by atoms with Gasteiger partial charge in [0.05, 0.1) is 10.6 Å². The molecule has 1 atom stereocenters. The quantitative estimate of drug-likeness (QED) is 0.706. The number of rotatable bonds is 4. The third-order valence-corrected chi connectivity index (χ3v) is 8.92. The van der Waals surface area contributed by atoms with Crippen LogP contribution in [0.15, 0.2) is 47.4 Å². The average molecular weight is 458 g/mol. The second kappa shape index (κ2) is 8.15. The summed E-state index contributed by atoms with van der Waals surface area (Å²) in [5.41, 5.74) is 2.27. The molecule has 2 aliphatic heterocycles. The van der Waals surface area contributed by atoms with Crippen LogP contribution in [0.2, 0.25) is 0 Å². The molecule has 2 fully saturated rings. The molecule has 2 heterocycles. The number of piperazine rings is 1. The first-order valence-corrected chi connectivity index (χ1v) is 12.8. The number of carbonyl (C=O) groups is 1. The monoisotopic (exact) mass is 457 g/mol. The van der Waals surface area contributed by atoms with Crippen LogP contribution in [0.1, 0.15) is 31.7 Å². The number of para-hydroxylation sites is 1. The summed E-state index contributed by atoms with van der Waals surface area (Å²) in [7, 11) is -3.65. The van der Waals surface area contributed by atoms with Gasteiger partial charge in [-0.25, -0.2) is 12.8 Å². The molecule has 0 spiro atoms. The van der Waals surface area contributed by atoms with Crippen LogP contribution in [0, 0.1) is 11.7 Å². The fourth-order valence-electron chi connectivity index (χ4n) is 4.98. The van der Waals surface area contributed by atoms with Crippen molar-refractivity contribution in [1.82, 2.24) is 4.31 Å². The van der Waals surface area contributed by atoms with Crippen LogP contribution in [-0.4, -0.2) is 50.9 Å². The van der Waals surface area contributed by atoms with Crippen LogP contribution in [0.3, 0.4) is 0 Å². The molecule has 1 amide bonds. The van der Waals surface area contributed by atoms with E-state index in [1.54, 1.807) is 36.4 Å². The van der Waals surface area contributed by atoms with Crippen molar-refractivity contribution in [2.75, 3.05) is 36.0 Å². The number of amides is 1. The van der Waals surface area contributed by atoms with Crippen molar-refractivity contribution >= 4 is 27.3 Å². The predicted molar refractivity (Wildman–Crippen MR) is 122 cm³/mol. The van der Waals surface area contributed by atoms with Gasteiger partial charge in [0.1, 0.15) is 5.82 Å². The lowest BCUT2D eigenvalue weighted by Gasteiger charge is -2.35. The maximum Gasteiger partial charge on any atom is 0.243 e. The van der Waals surface area contributed by atoms with Gasteiger partial charge in [-0.1, -0.05) is 18.6 Å². The molecule has 1 saturated carbocycles. The number of sulfonamides is 1. The number of nitrogens with zero attached hydrogens (tertiary/aromatic N) is 3. The Morgan fingerprint density at radius 1 is 1.00 bits per heavy atom. The molecule has 32 heavy (non-hydrogen) atoms. The molecular formula is C24H28FN3O3S. The summed E-state index contributed by atoms with van der Waals surface area (Å²) in [6.07, 6.45) is 3.66. The summed E-state index contributed by atoms with van der Waals surface area (Å²) < 4.78 is 42.2. The molecule has 170 valence electrons. The highest BCUT2D eigenvalue weighted by Crippen LogP contribution is 2.38. The van der Waals surface area contributed by atoms with E-state index in [1.807, 2.05) is 16.7 Å². The van der Waals surface area contributed by atoms with E-state index in [4.69, 9.17) is 0 Å². The Morgan fingerprint density at radius 3 is 2.38 bits per heavy atom. The molecule has 8 heteroatoms. The van der Waals surface area contributed by atoms with Gasteiger partial charge in [0, 0.05) is 43.8 Å². The zero-order valence-electron chi connectivity index (χ0n) is 18.2. The topological polar surface area (TPSA) is 60.9 Å². The average Bonchev–Trinajstić information content (AvgIpc) is 3.08. The second-order valence-corrected chi connectivity index (χ2v) is 11.0. The minimum atomic E-state index is -3.65. The molecular weight excluding hydrogens is 429 g/mol. The van der Waals surface area contributed by atoms with Gasteiger partial charge in [0.25, 0.3) is 0 Å². The number of carbonyl (C=O) groups excluding carboxylic acids is 1. The third kappa shape index (κ3) is 3.59. The predicted octanol–water partition coefficient (Wildman–Crippen LogP) is 3.41. The Balaban J connectivity index is 1.33. The van der Waals surface area contributed by atoms with Crippen LogP contribution in [0.5, 0.6) is 0 Å². The number of hydrogen-bond donors (Lipinski definition) is 0. The highest BCUT2D eigenvalue weighted by molar-refractivity contribution is 7.89. The van der Waals surface area contributed by atoms with E-state index in [0.29, 0.717) is 38.3 Å². The number of hydrogen-bond acceptors (Lipinski definition) is 4. The highest BCUT2D eigenvalue weighted by Gasteiger charge is 2.38. The van der Waals surface area contributed by atoms with Crippen molar-refractivity contribution in [1.29, 1.82) is 0 Å². The molecule has 0 radical (unpaired) electrons. The zero-order chi connectivity index (χ0) is 22.5. The lowest BCUT2D eigenvalue weighted by Crippen LogP contribution is -2.48. The first-order valence-electron chi connectivity index (χ1n) is 11.3. The Bertz CT molecular complexity index is 1140. The summed E-state index contributed by atoms with van der Waals surface area (Å²) in [5, 5.41) is 0. The Morgan fingerprint density at radius 2 is 1.72 bits per heavy atom. The van der Waals surface area contributed by atoms with Crippen molar-refractivity contribution in [3.05, 3.63) is 53.8 Å². The second-order valence-electron chi connectivity index (χ2n) is 9.02. The maximum atomic E-state index is 14.1. The number of fused-ring (bicyclic) bond motifs is 1. The van der Waals surface area contributed by atoms with Crippen molar-refractivity contribution in [2.45, 2.75) is 43.5 Å². The molecule has 6 nitrogen and oxygen atoms in total. The van der Waals surface area contributed by atoms with Gasteiger partial charge in [-0.2, -0.15) is 4.31 Å². The number of anilines is 2. The van der Waals surface area contributed by atoms with Crippen molar-refractivity contribution in [3.8, 4) is 0 Å². The van der Waals surface area contributed by atoms with Gasteiger partial charge >= 0.3 is 0 Å². The van der Waals surface area contributed by atoms with Gasteiger partial charge in [-0.3, -0.25) is 4.79 Å². The summed E-state index contributed by atoms with van der Waals surface area (Å²) >= 11 is 0. The van der Waals surface area contributed by atoms with E-state index in [1.165, 1.54) is 10.4 Å². The molecule has 0 unspecified atom stereocenters. The van der Waals surface area contributed by atoms with E-state index in [2.05, 4.69) is 0 Å². The molecule has 1 aliphatic carbocycles. The maximum absolute atomic E-state index is 14.1. The molecule has 0 bridgehead atoms. The third-order valence-electron chi connectivity index (χ3n) is 7.03. The first kappa shape index (κ1) is 21.4. The summed E-state index contributed by atoms with van der Waals surface area (Å²) in [4.78, 5) is 16.9. The lowest BCUT2D eigenvalue weighted by molar-refractivity contribution is -0.125. The molecule has 5 rings (SSSR count). The summed E-state index contributed by atoms with van der Waals surface area (Å²) in [5.74, 6) is -0.0162. The van der Waals surface area contributed by atoms with Crippen LogP contribution in [-0.2, 0) is 21.2 Å². The van der Waals surface area contributed by atoms with Crippen molar-refractivity contribution in [3.63, 3.8) is 0 Å². The van der Waals surface area contributed by atoms with Crippen LogP contribution in [0.25, 0.3) is 0 Å². The molecule has 1 saturated heterocycles. The van der Waals surface area contributed by atoms with E-state index < -0.39 is 10.0 Å².